The number of nitrogens with zero attached hydrogens (tertiary/aromatic N) is 1. The van der Waals surface area contributed by atoms with Gasteiger partial charge in [0.05, 0.1) is 6.07 Å². The van der Waals surface area contributed by atoms with Gasteiger partial charge in [-0.2, -0.15) is 5.26 Å². The van der Waals surface area contributed by atoms with Crippen molar-refractivity contribution in [1.82, 2.24) is 0 Å². The molecule has 1 saturated carbocycles. The molecule has 0 aromatic heterocycles. The van der Waals surface area contributed by atoms with Gasteiger partial charge in [0, 0.05) is 13.0 Å². The lowest BCUT2D eigenvalue weighted by Gasteiger charge is -2.58. The van der Waals surface area contributed by atoms with E-state index in [-0.39, 0.29) is 5.92 Å². The first kappa shape index (κ1) is 17.0. The largest absolute Gasteiger partial charge is 0.388 e. The van der Waals surface area contributed by atoms with Crippen LogP contribution in [0, 0.1) is 17.2 Å². The molecular formula is C14H26ClNO2Si. The lowest BCUT2D eigenvalue weighted by Crippen LogP contribution is -2.70. The molecule has 1 aliphatic rings. The maximum absolute atomic E-state index is 9.37. The fourth-order valence-corrected chi connectivity index (χ4v) is 4.71. The average Bonchev–Trinajstić information content (AvgIpc) is 2.33. The molecule has 0 radical (unpaired) electrons. The predicted octanol–water partition coefficient (Wildman–Crippen LogP) is 4.28. The zero-order valence-electron chi connectivity index (χ0n) is 12.8. The van der Waals surface area contributed by atoms with Crippen LogP contribution in [0.25, 0.3) is 0 Å². The number of ether oxygens (including phenoxy) is 1. The molecule has 3 nitrogen and oxygen atoms in total. The first-order valence-electron chi connectivity index (χ1n) is 7.10. The Morgan fingerprint density at radius 3 is 2.42 bits per heavy atom. The molecule has 1 fully saturated rings. The van der Waals surface area contributed by atoms with Crippen LogP contribution >= 0.6 is 11.6 Å². The highest BCUT2D eigenvalue weighted by atomic mass is 35.5. The maximum Gasteiger partial charge on any atom is 0.194 e. The number of methoxy groups -OCH3 is 1. The van der Waals surface area contributed by atoms with Gasteiger partial charge < -0.3 is 9.16 Å². The Morgan fingerprint density at radius 2 is 2.00 bits per heavy atom. The molecule has 0 aromatic carbocycles. The summed E-state index contributed by atoms with van der Waals surface area (Å²) in [6, 6.07) is 2.20. The van der Waals surface area contributed by atoms with Gasteiger partial charge in [-0.05, 0) is 32.5 Å². The van der Waals surface area contributed by atoms with Crippen LogP contribution in [-0.4, -0.2) is 26.1 Å². The van der Waals surface area contributed by atoms with E-state index in [1.807, 2.05) is 0 Å². The van der Waals surface area contributed by atoms with Gasteiger partial charge in [-0.1, -0.05) is 37.8 Å². The highest BCUT2D eigenvalue weighted by Gasteiger charge is 2.68. The monoisotopic (exact) mass is 303 g/mol. The van der Waals surface area contributed by atoms with E-state index in [9.17, 15) is 5.26 Å². The number of alkyl halides is 1. The van der Waals surface area contributed by atoms with Gasteiger partial charge in [-0.3, -0.25) is 0 Å². The second-order valence-electron chi connectivity index (χ2n) is 6.40. The van der Waals surface area contributed by atoms with Crippen molar-refractivity contribution in [3.63, 3.8) is 0 Å². The Balaban J connectivity index is 2.87. The second-order valence-corrected chi connectivity index (χ2v) is 11.5. The zero-order valence-corrected chi connectivity index (χ0v) is 14.5. The molecule has 1 aliphatic carbocycles. The van der Waals surface area contributed by atoms with E-state index in [0.29, 0.717) is 6.42 Å². The van der Waals surface area contributed by atoms with Gasteiger partial charge in [0.1, 0.15) is 0 Å². The van der Waals surface area contributed by atoms with Crippen LogP contribution in [0.2, 0.25) is 19.6 Å². The molecule has 0 aliphatic heterocycles. The molecule has 1 rings (SSSR count). The van der Waals surface area contributed by atoms with Crippen LogP contribution in [0.15, 0.2) is 0 Å². The Morgan fingerprint density at radius 1 is 1.37 bits per heavy atom. The summed E-state index contributed by atoms with van der Waals surface area (Å²) in [5, 5.41) is 9.37. The normalized spacial score (nSPS) is 34.7. The van der Waals surface area contributed by atoms with Gasteiger partial charge in [0.15, 0.2) is 19.0 Å². The van der Waals surface area contributed by atoms with Crippen molar-refractivity contribution in [1.29, 1.82) is 5.26 Å². The smallest absolute Gasteiger partial charge is 0.194 e. The number of nitriles is 1. The van der Waals surface area contributed by atoms with Gasteiger partial charge in [0.25, 0.3) is 0 Å². The van der Waals surface area contributed by atoms with Crippen molar-refractivity contribution < 1.29 is 9.16 Å². The minimum atomic E-state index is -1.84. The first-order valence-corrected chi connectivity index (χ1v) is 10.9. The minimum absolute atomic E-state index is 0.230. The van der Waals surface area contributed by atoms with Gasteiger partial charge in [-0.15, -0.1) is 0 Å². The van der Waals surface area contributed by atoms with E-state index in [4.69, 9.17) is 20.8 Å². The van der Waals surface area contributed by atoms with E-state index in [1.54, 1.807) is 7.11 Å². The summed E-state index contributed by atoms with van der Waals surface area (Å²) in [7, 11) is -0.227. The van der Waals surface area contributed by atoms with E-state index in [0.717, 1.165) is 12.8 Å². The van der Waals surface area contributed by atoms with Crippen LogP contribution < -0.4 is 0 Å². The fraction of sp³-hybridized carbons (Fsp3) is 0.929. The molecule has 0 N–H and O–H groups in total. The molecule has 19 heavy (non-hydrogen) atoms. The molecule has 3 unspecified atom stereocenters. The molecule has 3 atom stereocenters. The maximum atomic E-state index is 9.37. The highest BCUT2D eigenvalue weighted by molar-refractivity contribution is 6.69. The quantitative estimate of drug-likeness (QED) is 0.305. The molecule has 0 bridgehead atoms. The summed E-state index contributed by atoms with van der Waals surface area (Å²) in [5.41, 5.74) is 0. The third-order valence-corrected chi connectivity index (χ3v) is 5.13. The van der Waals surface area contributed by atoms with Crippen molar-refractivity contribution >= 4 is 19.9 Å². The van der Waals surface area contributed by atoms with Crippen molar-refractivity contribution in [3.8, 4) is 6.07 Å². The molecule has 0 aromatic rings. The van der Waals surface area contributed by atoms with Crippen LogP contribution in [-0.2, 0) is 9.16 Å². The highest BCUT2D eigenvalue weighted by Crippen LogP contribution is 2.57. The number of unbranched alkanes of at least 4 members (excludes halogenated alkanes) is 2. The van der Waals surface area contributed by atoms with Crippen LogP contribution in [0.1, 0.15) is 39.0 Å². The number of hydrogen-bond donors (Lipinski definition) is 0. The molecular weight excluding hydrogens is 278 g/mol. The summed E-state index contributed by atoms with van der Waals surface area (Å²) in [6.45, 7) is 8.49. The van der Waals surface area contributed by atoms with Crippen molar-refractivity contribution in [2.24, 2.45) is 5.92 Å². The number of hydrogen-bond acceptors (Lipinski definition) is 3. The number of rotatable bonds is 7. The standard InChI is InChI=1S/C14H26ClNO2Si/c1-6-7-8-9-12-10-13(15,11-16)14(12,17-2)18-19(3,4)5/h12H,6-10H2,1-5H3. The van der Waals surface area contributed by atoms with Crippen molar-refractivity contribution in [2.45, 2.75) is 69.3 Å². The second kappa shape index (κ2) is 6.13. The van der Waals surface area contributed by atoms with Crippen molar-refractivity contribution in [3.05, 3.63) is 0 Å². The average molecular weight is 304 g/mol. The summed E-state index contributed by atoms with van der Waals surface area (Å²) in [4.78, 5) is -1.03. The molecule has 5 heteroatoms. The first-order chi connectivity index (χ1) is 8.74. The Kier molecular flexibility index (Phi) is 5.48. The van der Waals surface area contributed by atoms with E-state index < -0.39 is 19.0 Å². The SMILES string of the molecule is CCCCCC1CC(Cl)(C#N)C1(OC)O[Si](C)(C)C. The van der Waals surface area contributed by atoms with Crippen molar-refractivity contribution in [2.75, 3.05) is 7.11 Å². The molecule has 0 heterocycles. The topological polar surface area (TPSA) is 42.2 Å². The van der Waals surface area contributed by atoms with E-state index in [2.05, 4.69) is 32.6 Å². The van der Waals surface area contributed by atoms with E-state index in [1.165, 1.54) is 12.8 Å². The lowest BCUT2D eigenvalue weighted by molar-refractivity contribution is -0.273. The summed E-state index contributed by atoms with van der Waals surface area (Å²) < 4.78 is 11.9. The minimum Gasteiger partial charge on any atom is -0.388 e. The van der Waals surface area contributed by atoms with Gasteiger partial charge in [-0.25, -0.2) is 0 Å². The molecule has 0 amide bonds. The van der Waals surface area contributed by atoms with Gasteiger partial charge >= 0.3 is 0 Å². The van der Waals surface area contributed by atoms with Crippen LogP contribution in [0.3, 0.4) is 0 Å². The zero-order chi connectivity index (χ0) is 14.7. The summed E-state index contributed by atoms with van der Waals surface area (Å²) in [5.74, 6) is -0.686. The molecule has 110 valence electrons. The fourth-order valence-electron chi connectivity index (χ4n) is 2.85. The lowest BCUT2D eigenvalue weighted by atomic mass is 9.66. The summed E-state index contributed by atoms with van der Waals surface area (Å²) in [6.07, 6.45) is 5.20. The Bertz CT molecular complexity index is 352. The Labute approximate surface area is 123 Å². The number of halogens is 1. The third kappa shape index (κ3) is 3.33. The van der Waals surface area contributed by atoms with E-state index >= 15 is 0 Å². The van der Waals surface area contributed by atoms with Gasteiger partial charge in [0.2, 0.25) is 0 Å². The predicted molar refractivity (Wildman–Crippen MR) is 80.6 cm³/mol. The molecule has 0 saturated heterocycles. The Hall–Kier alpha value is -0.0831. The van der Waals surface area contributed by atoms with Crippen LogP contribution in [0.4, 0.5) is 0 Å². The molecule has 0 spiro atoms. The third-order valence-electron chi connectivity index (χ3n) is 3.71. The van der Waals surface area contributed by atoms with Crippen LogP contribution in [0.5, 0.6) is 0 Å². The summed E-state index contributed by atoms with van der Waals surface area (Å²) >= 11 is 6.44.